The second-order valence-corrected chi connectivity index (χ2v) is 9.14. The Hall–Kier alpha value is -2.36. The van der Waals surface area contributed by atoms with Crippen LogP contribution in [-0.2, 0) is 12.8 Å². The number of hydrogen-bond acceptors (Lipinski definition) is 3. The van der Waals surface area contributed by atoms with Crippen LogP contribution in [0, 0.1) is 0 Å². The molecule has 0 spiro atoms. The lowest BCUT2D eigenvalue weighted by Gasteiger charge is -2.13. The fourth-order valence-corrected chi connectivity index (χ4v) is 4.40. The number of nitrogens with zero attached hydrogens (tertiary/aromatic N) is 3. The third kappa shape index (κ3) is 7.08. The average Bonchev–Trinajstić information content (AvgIpc) is 3.24. The zero-order valence-electron chi connectivity index (χ0n) is 20.2. The Labute approximate surface area is 194 Å². The molecule has 3 rings (SSSR count). The molecule has 1 heterocycles. The van der Waals surface area contributed by atoms with Crippen LogP contribution in [0.5, 0.6) is 5.75 Å². The van der Waals surface area contributed by atoms with Gasteiger partial charge in [-0.3, -0.25) is 0 Å². The van der Waals surface area contributed by atoms with E-state index < -0.39 is 0 Å². The number of phenolic OH excluding ortho intramolecular Hbond substituents is 1. The van der Waals surface area contributed by atoms with E-state index in [-0.39, 0.29) is 0 Å². The Balaban J connectivity index is 1.73. The lowest BCUT2D eigenvalue weighted by Crippen LogP contribution is -2.03. The van der Waals surface area contributed by atoms with Gasteiger partial charge in [-0.05, 0) is 55.0 Å². The first-order valence-corrected chi connectivity index (χ1v) is 12.9. The molecular weight excluding hydrogens is 394 g/mol. The van der Waals surface area contributed by atoms with Crippen molar-refractivity contribution in [1.82, 2.24) is 15.0 Å². The molecule has 0 aliphatic carbocycles. The molecule has 0 unspecified atom stereocenters. The van der Waals surface area contributed by atoms with E-state index in [9.17, 15) is 5.11 Å². The van der Waals surface area contributed by atoms with Gasteiger partial charge in [0.15, 0.2) is 0 Å². The monoisotopic (exact) mass is 435 g/mol. The standard InChI is InChI=1S/C28H41N3O/c1-3-5-7-9-10-12-14-18-24-21-23(17-13-11-8-6-4-2)22-27(28(24)32)31-29-25-19-15-16-20-26(25)30-31/h15-16,19-22,32H,3-14,17-18H2,1-2H3. The van der Waals surface area contributed by atoms with Gasteiger partial charge in [-0.2, -0.15) is 0 Å². The first-order valence-electron chi connectivity index (χ1n) is 12.9. The maximum atomic E-state index is 11.1. The first-order chi connectivity index (χ1) is 15.7. The number of unbranched alkanes of at least 4 members (excludes halogenated alkanes) is 10. The first kappa shape index (κ1) is 24.3. The molecule has 0 saturated carbocycles. The topological polar surface area (TPSA) is 50.9 Å². The summed E-state index contributed by atoms with van der Waals surface area (Å²) >= 11 is 0. The Bertz CT molecular complexity index is 914. The molecule has 0 aliphatic heterocycles. The maximum Gasteiger partial charge on any atom is 0.146 e. The van der Waals surface area contributed by atoms with Gasteiger partial charge in [-0.25, -0.2) is 0 Å². The van der Waals surface area contributed by atoms with Crippen LogP contribution in [0.1, 0.15) is 102 Å². The van der Waals surface area contributed by atoms with Crippen LogP contribution >= 0.6 is 0 Å². The van der Waals surface area contributed by atoms with Crippen molar-refractivity contribution in [2.75, 3.05) is 0 Å². The second kappa shape index (κ2) is 13.2. The van der Waals surface area contributed by atoms with Gasteiger partial charge in [0.05, 0.1) is 0 Å². The van der Waals surface area contributed by atoms with Crippen LogP contribution < -0.4 is 0 Å². The van der Waals surface area contributed by atoms with Gasteiger partial charge in [-0.1, -0.05) is 96.3 Å². The molecule has 4 nitrogen and oxygen atoms in total. The highest BCUT2D eigenvalue weighted by atomic mass is 16.3. The van der Waals surface area contributed by atoms with Crippen LogP contribution in [0.2, 0.25) is 0 Å². The SMILES string of the molecule is CCCCCCCCCc1cc(CCCCCCC)cc(-n2nc3ccccc3n2)c1O. The zero-order valence-corrected chi connectivity index (χ0v) is 20.2. The normalized spacial score (nSPS) is 11.4. The van der Waals surface area contributed by atoms with E-state index in [1.807, 2.05) is 24.3 Å². The smallest absolute Gasteiger partial charge is 0.146 e. The van der Waals surface area contributed by atoms with Gasteiger partial charge in [0.2, 0.25) is 0 Å². The molecule has 3 aromatic rings. The third-order valence-corrected chi connectivity index (χ3v) is 6.35. The van der Waals surface area contributed by atoms with Crippen LogP contribution in [-0.4, -0.2) is 20.1 Å². The van der Waals surface area contributed by atoms with E-state index in [1.54, 1.807) is 4.80 Å². The van der Waals surface area contributed by atoms with Gasteiger partial charge in [0, 0.05) is 0 Å². The maximum absolute atomic E-state index is 11.1. The summed E-state index contributed by atoms with van der Waals surface area (Å²) in [4.78, 5) is 1.62. The second-order valence-electron chi connectivity index (χ2n) is 9.14. The molecule has 1 N–H and O–H groups in total. The summed E-state index contributed by atoms with van der Waals surface area (Å²) in [6, 6.07) is 12.2. The van der Waals surface area contributed by atoms with Crippen LogP contribution in [0.25, 0.3) is 16.7 Å². The van der Waals surface area contributed by atoms with Crippen molar-refractivity contribution in [3.05, 3.63) is 47.5 Å². The van der Waals surface area contributed by atoms with Crippen LogP contribution in [0.15, 0.2) is 36.4 Å². The Kier molecular flexibility index (Phi) is 10.1. The number of aryl methyl sites for hydroxylation is 2. The molecule has 0 fully saturated rings. The number of aromatic hydroxyl groups is 1. The van der Waals surface area contributed by atoms with E-state index in [1.165, 1.54) is 76.2 Å². The van der Waals surface area contributed by atoms with Gasteiger partial charge >= 0.3 is 0 Å². The van der Waals surface area contributed by atoms with Crippen molar-refractivity contribution in [1.29, 1.82) is 0 Å². The summed E-state index contributed by atoms with van der Waals surface area (Å²) in [6.07, 6.45) is 17.2. The van der Waals surface area contributed by atoms with Gasteiger partial charge < -0.3 is 5.11 Å². The largest absolute Gasteiger partial charge is 0.505 e. The summed E-state index contributed by atoms with van der Waals surface area (Å²) in [7, 11) is 0. The highest BCUT2D eigenvalue weighted by Gasteiger charge is 2.14. The van der Waals surface area contributed by atoms with Crippen molar-refractivity contribution >= 4 is 11.0 Å². The minimum absolute atomic E-state index is 0.339. The predicted molar refractivity (Wildman–Crippen MR) is 135 cm³/mol. The Morgan fingerprint density at radius 3 is 1.81 bits per heavy atom. The average molecular weight is 436 g/mol. The fraction of sp³-hybridized carbons (Fsp3) is 0.571. The molecule has 0 aliphatic rings. The molecule has 174 valence electrons. The zero-order chi connectivity index (χ0) is 22.6. The van der Waals surface area contributed by atoms with Crippen molar-refractivity contribution in [2.45, 2.75) is 104 Å². The summed E-state index contributed by atoms with van der Waals surface area (Å²) < 4.78 is 0. The predicted octanol–water partition coefficient (Wildman–Crippen LogP) is 7.93. The molecule has 32 heavy (non-hydrogen) atoms. The summed E-state index contributed by atoms with van der Waals surface area (Å²) in [5.41, 5.74) is 4.75. The third-order valence-electron chi connectivity index (χ3n) is 6.35. The van der Waals surface area contributed by atoms with E-state index in [4.69, 9.17) is 0 Å². The van der Waals surface area contributed by atoms with E-state index in [0.29, 0.717) is 11.4 Å². The molecule has 0 atom stereocenters. The lowest BCUT2D eigenvalue weighted by molar-refractivity contribution is 0.458. The number of rotatable bonds is 15. The van der Waals surface area contributed by atoms with Gasteiger partial charge in [0.1, 0.15) is 22.5 Å². The minimum atomic E-state index is 0.339. The molecule has 1 aromatic heterocycles. The van der Waals surface area contributed by atoms with Gasteiger partial charge in [-0.15, -0.1) is 15.0 Å². The summed E-state index contributed by atoms with van der Waals surface area (Å²) in [5.74, 6) is 0.339. The highest BCUT2D eigenvalue weighted by Crippen LogP contribution is 2.30. The van der Waals surface area contributed by atoms with E-state index >= 15 is 0 Å². The molecule has 2 aromatic carbocycles. The Morgan fingerprint density at radius 1 is 0.688 bits per heavy atom. The molecular formula is C28H41N3O. The molecule has 4 heteroatoms. The molecule has 0 radical (unpaired) electrons. The van der Waals surface area contributed by atoms with Gasteiger partial charge in [0.25, 0.3) is 0 Å². The summed E-state index contributed by atoms with van der Waals surface area (Å²) in [5, 5.41) is 20.4. The minimum Gasteiger partial charge on any atom is -0.505 e. The molecule has 0 bridgehead atoms. The van der Waals surface area contributed by atoms with E-state index in [0.717, 1.165) is 35.9 Å². The number of hydrogen-bond donors (Lipinski definition) is 1. The molecule has 0 saturated heterocycles. The number of aromatic nitrogens is 3. The van der Waals surface area contributed by atoms with E-state index in [2.05, 4.69) is 36.2 Å². The van der Waals surface area contributed by atoms with Crippen molar-refractivity contribution < 1.29 is 5.11 Å². The fourth-order valence-electron chi connectivity index (χ4n) is 4.40. The molecule has 0 amide bonds. The number of fused-ring (bicyclic) bond motifs is 1. The number of benzene rings is 2. The van der Waals surface area contributed by atoms with Crippen molar-refractivity contribution in [2.24, 2.45) is 0 Å². The lowest BCUT2D eigenvalue weighted by atomic mass is 9.98. The number of phenols is 1. The summed E-state index contributed by atoms with van der Waals surface area (Å²) in [6.45, 7) is 4.51. The quantitative estimate of drug-likeness (QED) is 0.247. The van der Waals surface area contributed by atoms with Crippen LogP contribution in [0.3, 0.4) is 0 Å². The highest BCUT2D eigenvalue weighted by molar-refractivity contribution is 5.73. The van der Waals surface area contributed by atoms with Crippen LogP contribution in [0.4, 0.5) is 0 Å². The van der Waals surface area contributed by atoms with Crippen molar-refractivity contribution in [3.8, 4) is 11.4 Å². The van der Waals surface area contributed by atoms with Crippen molar-refractivity contribution in [3.63, 3.8) is 0 Å². The Morgan fingerprint density at radius 2 is 1.22 bits per heavy atom.